The highest BCUT2D eigenvalue weighted by Crippen LogP contribution is 2.29. The van der Waals surface area contributed by atoms with E-state index in [1.165, 1.54) is 77.3 Å². The van der Waals surface area contributed by atoms with Crippen LogP contribution < -0.4 is 5.32 Å². The summed E-state index contributed by atoms with van der Waals surface area (Å²) in [5.41, 5.74) is 0. The number of hydrogen-bond acceptors (Lipinski definition) is 1. The van der Waals surface area contributed by atoms with Crippen molar-refractivity contribution in [2.45, 2.75) is 71.1 Å². The molecule has 0 saturated heterocycles. The van der Waals surface area contributed by atoms with Crippen LogP contribution in [0.1, 0.15) is 71.1 Å². The summed E-state index contributed by atoms with van der Waals surface area (Å²) in [4.78, 5) is 0. The highest BCUT2D eigenvalue weighted by atomic mass is 14.9. The fourth-order valence-corrected chi connectivity index (χ4v) is 3.65. The van der Waals surface area contributed by atoms with E-state index in [4.69, 9.17) is 0 Å². The molecule has 2 rings (SSSR count). The highest BCUT2D eigenvalue weighted by molar-refractivity contribution is 4.72. The summed E-state index contributed by atoms with van der Waals surface area (Å²) in [6.07, 6.45) is 14.8. The van der Waals surface area contributed by atoms with Crippen LogP contribution in [0.25, 0.3) is 0 Å². The Morgan fingerprint density at radius 3 is 2.29 bits per heavy atom. The van der Waals surface area contributed by atoms with Crippen LogP contribution in [0.2, 0.25) is 0 Å². The van der Waals surface area contributed by atoms with Crippen molar-refractivity contribution in [3.05, 3.63) is 0 Å². The molecule has 0 atom stereocenters. The molecule has 100 valence electrons. The van der Waals surface area contributed by atoms with Crippen LogP contribution in [-0.2, 0) is 0 Å². The molecule has 0 aromatic carbocycles. The molecule has 0 radical (unpaired) electrons. The van der Waals surface area contributed by atoms with E-state index in [2.05, 4.69) is 12.2 Å². The minimum absolute atomic E-state index is 0.984. The largest absolute Gasteiger partial charge is 0.316 e. The molecular formula is C16H31N. The predicted molar refractivity (Wildman–Crippen MR) is 75.2 cm³/mol. The van der Waals surface area contributed by atoms with Crippen LogP contribution in [0.3, 0.4) is 0 Å². The van der Waals surface area contributed by atoms with E-state index >= 15 is 0 Å². The molecule has 0 aliphatic heterocycles. The van der Waals surface area contributed by atoms with Gasteiger partial charge in [0.15, 0.2) is 0 Å². The Labute approximate surface area is 108 Å². The van der Waals surface area contributed by atoms with Crippen molar-refractivity contribution in [3.8, 4) is 0 Å². The van der Waals surface area contributed by atoms with Gasteiger partial charge in [0.1, 0.15) is 0 Å². The van der Waals surface area contributed by atoms with Crippen molar-refractivity contribution < 1.29 is 0 Å². The molecule has 2 saturated carbocycles. The van der Waals surface area contributed by atoms with Gasteiger partial charge >= 0.3 is 0 Å². The van der Waals surface area contributed by atoms with E-state index < -0.39 is 0 Å². The fourth-order valence-electron chi connectivity index (χ4n) is 3.65. The molecule has 1 nitrogen and oxygen atoms in total. The summed E-state index contributed by atoms with van der Waals surface area (Å²) in [6.45, 7) is 4.96. The van der Waals surface area contributed by atoms with E-state index in [0.29, 0.717) is 0 Å². The van der Waals surface area contributed by atoms with Gasteiger partial charge in [-0.3, -0.25) is 0 Å². The van der Waals surface area contributed by atoms with Crippen LogP contribution >= 0.6 is 0 Å². The molecule has 0 unspecified atom stereocenters. The van der Waals surface area contributed by atoms with Gasteiger partial charge in [-0.05, 0) is 56.5 Å². The molecule has 0 heterocycles. The minimum atomic E-state index is 0.984. The summed E-state index contributed by atoms with van der Waals surface area (Å²) in [6, 6.07) is 0. The van der Waals surface area contributed by atoms with Crippen LogP contribution in [0.15, 0.2) is 0 Å². The molecule has 1 heteroatoms. The average Bonchev–Trinajstić information content (AvgIpc) is 2.84. The van der Waals surface area contributed by atoms with Gasteiger partial charge in [0, 0.05) is 0 Å². The first-order chi connectivity index (χ1) is 8.34. The van der Waals surface area contributed by atoms with Gasteiger partial charge in [0.2, 0.25) is 0 Å². The minimum Gasteiger partial charge on any atom is -0.316 e. The molecule has 0 amide bonds. The average molecular weight is 237 g/mol. The van der Waals surface area contributed by atoms with E-state index in [1.807, 2.05) is 0 Å². The van der Waals surface area contributed by atoms with Crippen molar-refractivity contribution in [3.63, 3.8) is 0 Å². The Balaban J connectivity index is 1.43. The summed E-state index contributed by atoms with van der Waals surface area (Å²) in [7, 11) is 0. The monoisotopic (exact) mass is 237 g/mol. The second-order valence-corrected chi connectivity index (χ2v) is 6.62. The molecule has 0 aromatic rings. The van der Waals surface area contributed by atoms with Crippen molar-refractivity contribution in [1.29, 1.82) is 0 Å². The third kappa shape index (κ3) is 4.99. The number of rotatable bonds is 6. The van der Waals surface area contributed by atoms with Gasteiger partial charge < -0.3 is 5.32 Å². The maximum absolute atomic E-state index is 3.69. The summed E-state index contributed by atoms with van der Waals surface area (Å²) < 4.78 is 0. The lowest BCUT2D eigenvalue weighted by Crippen LogP contribution is -2.26. The summed E-state index contributed by atoms with van der Waals surface area (Å²) in [5.74, 6) is 3.05. The topological polar surface area (TPSA) is 12.0 Å². The Bertz CT molecular complexity index is 188. The third-order valence-electron chi connectivity index (χ3n) is 5.01. The maximum atomic E-state index is 3.69. The zero-order chi connectivity index (χ0) is 11.9. The zero-order valence-corrected chi connectivity index (χ0v) is 11.7. The first kappa shape index (κ1) is 13.4. The number of hydrogen-bond donors (Lipinski definition) is 1. The maximum Gasteiger partial charge on any atom is -0.00205 e. The second kappa shape index (κ2) is 7.41. The molecule has 2 aliphatic carbocycles. The Kier molecular flexibility index (Phi) is 5.84. The Hall–Kier alpha value is -0.0400. The van der Waals surface area contributed by atoms with Gasteiger partial charge in [-0.15, -0.1) is 0 Å². The highest BCUT2D eigenvalue weighted by Gasteiger charge is 2.17. The molecule has 2 aliphatic rings. The smallest absolute Gasteiger partial charge is 0.00205 e. The molecule has 0 bridgehead atoms. The lowest BCUT2D eigenvalue weighted by molar-refractivity contribution is 0.281. The molecule has 1 N–H and O–H groups in total. The molecular weight excluding hydrogens is 206 g/mol. The van der Waals surface area contributed by atoms with Crippen LogP contribution in [0.5, 0.6) is 0 Å². The van der Waals surface area contributed by atoms with E-state index in [-0.39, 0.29) is 0 Å². The Morgan fingerprint density at radius 1 is 0.882 bits per heavy atom. The standard InChI is InChI=1S/C16H31N/c1-14-8-10-16(11-9-14)13-17-12-4-7-15-5-2-3-6-15/h14-17H,2-13H2,1H3. The number of nitrogens with one attached hydrogen (secondary N) is 1. The van der Waals surface area contributed by atoms with E-state index in [1.54, 1.807) is 0 Å². The van der Waals surface area contributed by atoms with E-state index in [0.717, 1.165) is 17.8 Å². The van der Waals surface area contributed by atoms with Gasteiger partial charge in [-0.25, -0.2) is 0 Å². The summed E-state index contributed by atoms with van der Waals surface area (Å²) in [5, 5.41) is 3.69. The van der Waals surface area contributed by atoms with Crippen molar-refractivity contribution in [2.24, 2.45) is 17.8 Å². The van der Waals surface area contributed by atoms with Crippen LogP contribution in [0, 0.1) is 17.8 Å². The van der Waals surface area contributed by atoms with Crippen molar-refractivity contribution in [2.75, 3.05) is 13.1 Å². The molecule has 0 aromatic heterocycles. The Morgan fingerprint density at radius 2 is 1.59 bits per heavy atom. The molecule has 17 heavy (non-hydrogen) atoms. The van der Waals surface area contributed by atoms with Crippen molar-refractivity contribution in [1.82, 2.24) is 5.32 Å². The predicted octanol–water partition coefficient (Wildman–Crippen LogP) is 4.37. The first-order valence-electron chi connectivity index (χ1n) is 8.05. The van der Waals surface area contributed by atoms with E-state index in [9.17, 15) is 0 Å². The lowest BCUT2D eigenvalue weighted by Gasteiger charge is -2.26. The van der Waals surface area contributed by atoms with Gasteiger partial charge in [0.25, 0.3) is 0 Å². The summed E-state index contributed by atoms with van der Waals surface area (Å²) >= 11 is 0. The normalized spacial score (nSPS) is 30.9. The van der Waals surface area contributed by atoms with Crippen molar-refractivity contribution >= 4 is 0 Å². The fraction of sp³-hybridized carbons (Fsp3) is 1.00. The van der Waals surface area contributed by atoms with Crippen LogP contribution in [-0.4, -0.2) is 13.1 Å². The molecule has 0 spiro atoms. The molecule has 2 fully saturated rings. The first-order valence-corrected chi connectivity index (χ1v) is 8.05. The lowest BCUT2D eigenvalue weighted by atomic mass is 9.83. The van der Waals surface area contributed by atoms with Gasteiger partial charge in [0.05, 0.1) is 0 Å². The SMILES string of the molecule is CC1CCC(CNCCCC2CCCC2)CC1. The second-order valence-electron chi connectivity index (χ2n) is 6.62. The third-order valence-corrected chi connectivity index (χ3v) is 5.01. The van der Waals surface area contributed by atoms with Gasteiger partial charge in [-0.1, -0.05) is 45.4 Å². The van der Waals surface area contributed by atoms with Crippen LogP contribution in [0.4, 0.5) is 0 Å². The quantitative estimate of drug-likeness (QED) is 0.676. The zero-order valence-electron chi connectivity index (χ0n) is 11.7. The van der Waals surface area contributed by atoms with Gasteiger partial charge in [-0.2, -0.15) is 0 Å².